The van der Waals surface area contributed by atoms with Gasteiger partial charge in [0.1, 0.15) is 6.26 Å². The maximum absolute atomic E-state index is 5.18. The third kappa shape index (κ3) is 1.61. The maximum Gasteiger partial charge on any atom is 0.225 e. The first-order chi connectivity index (χ1) is 6.40. The zero-order chi connectivity index (χ0) is 9.10. The molecule has 0 atom stereocenters. The molecule has 0 saturated carbocycles. The summed E-state index contributed by atoms with van der Waals surface area (Å²) in [5.74, 6) is 0.683. The minimum Gasteiger partial charge on any atom is -0.445 e. The van der Waals surface area contributed by atoms with Crippen molar-refractivity contribution in [3.05, 3.63) is 42.3 Å². The highest BCUT2D eigenvalue weighted by atomic mass is 16.3. The van der Waals surface area contributed by atoms with E-state index in [1.54, 1.807) is 12.5 Å². The summed E-state index contributed by atoms with van der Waals surface area (Å²) < 4.78 is 5.18. The number of aryl methyl sites for hydroxylation is 1. The number of aromatic nitrogens is 1. The Bertz CT molecular complexity index is 361. The highest BCUT2D eigenvalue weighted by Crippen LogP contribution is 2.17. The largest absolute Gasteiger partial charge is 0.445 e. The molecule has 0 spiro atoms. The Morgan fingerprint density at radius 1 is 1.23 bits per heavy atom. The average molecular weight is 173 g/mol. The summed E-state index contributed by atoms with van der Waals surface area (Å²) in [5, 5.41) is 0. The van der Waals surface area contributed by atoms with Gasteiger partial charge >= 0.3 is 0 Å². The van der Waals surface area contributed by atoms with Crippen LogP contribution in [0.25, 0.3) is 11.5 Å². The molecule has 0 saturated heterocycles. The first-order valence-corrected chi connectivity index (χ1v) is 4.39. The predicted molar refractivity (Wildman–Crippen MR) is 51.3 cm³/mol. The minimum absolute atomic E-state index is 0.683. The molecule has 66 valence electrons. The zero-order valence-corrected chi connectivity index (χ0v) is 7.53. The lowest BCUT2D eigenvalue weighted by Crippen LogP contribution is -1.80. The van der Waals surface area contributed by atoms with E-state index >= 15 is 0 Å². The summed E-state index contributed by atoms with van der Waals surface area (Å²) in [4.78, 5) is 4.08. The van der Waals surface area contributed by atoms with Crippen molar-refractivity contribution >= 4 is 0 Å². The molecule has 2 rings (SSSR count). The van der Waals surface area contributed by atoms with Crippen LogP contribution < -0.4 is 0 Å². The second-order valence-electron chi connectivity index (χ2n) is 2.89. The Kier molecular flexibility index (Phi) is 2.13. The SMILES string of the molecule is CCc1ccc(-c2ncco2)cc1. The van der Waals surface area contributed by atoms with Gasteiger partial charge in [0, 0.05) is 5.56 Å². The highest BCUT2D eigenvalue weighted by molar-refractivity contribution is 5.53. The van der Waals surface area contributed by atoms with Gasteiger partial charge in [0.25, 0.3) is 0 Å². The topological polar surface area (TPSA) is 26.0 Å². The fraction of sp³-hybridized carbons (Fsp3) is 0.182. The molecular formula is C11H11NO. The van der Waals surface area contributed by atoms with E-state index < -0.39 is 0 Å². The van der Waals surface area contributed by atoms with Gasteiger partial charge in [-0.05, 0) is 24.1 Å². The molecule has 0 aliphatic heterocycles. The second kappa shape index (κ2) is 3.44. The third-order valence-electron chi connectivity index (χ3n) is 2.04. The van der Waals surface area contributed by atoms with Crippen LogP contribution in [0, 0.1) is 0 Å². The molecular weight excluding hydrogens is 162 g/mol. The van der Waals surface area contributed by atoms with E-state index in [9.17, 15) is 0 Å². The monoisotopic (exact) mass is 173 g/mol. The number of oxazole rings is 1. The van der Waals surface area contributed by atoms with Crippen molar-refractivity contribution in [3.63, 3.8) is 0 Å². The van der Waals surface area contributed by atoms with Gasteiger partial charge in [0.2, 0.25) is 5.89 Å². The van der Waals surface area contributed by atoms with Crippen LogP contribution in [0.4, 0.5) is 0 Å². The normalized spacial score (nSPS) is 10.2. The van der Waals surface area contributed by atoms with E-state index in [0.717, 1.165) is 12.0 Å². The lowest BCUT2D eigenvalue weighted by atomic mass is 10.1. The molecule has 0 radical (unpaired) electrons. The lowest BCUT2D eigenvalue weighted by molar-refractivity contribution is 0.574. The van der Waals surface area contributed by atoms with E-state index in [0.29, 0.717) is 5.89 Å². The fourth-order valence-electron chi connectivity index (χ4n) is 1.25. The summed E-state index contributed by atoms with van der Waals surface area (Å²) in [6.07, 6.45) is 4.30. The third-order valence-corrected chi connectivity index (χ3v) is 2.04. The van der Waals surface area contributed by atoms with Crippen LogP contribution in [0.5, 0.6) is 0 Å². The minimum atomic E-state index is 0.683. The molecule has 1 heterocycles. The number of hydrogen-bond donors (Lipinski definition) is 0. The van der Waals surface area contributed by atoms with Crippen LogP contribution >= 0.6 is 0 Å². The second-order valence-corrected chi connectivity index (χ2v) is 2.89. The summed E-state index contributed by atoms with van der Waals surface area (Å²) in [6.45, 7) is 2.14. The highest BCUT2D eigenvalue weighted by Gasteiger charge is 2.00. The van der Waals surface area contributed by atoms with Gasteiger partial charge in [0.05, 0.1) is 6.20 Å². The van der Waals surface area contributed by atoms with Crippen LogP contribution in [-0.4, -0.2) is 4.98 Å². The molecule has 2 nitrogen and oxygen atoms in total. The fourth-order valence-corrected chi connectivity index (χ4v) is 1.25. The van der Waals surface area contributed by atoms with Crippen LogP contribution in [0.1, 0.15) is 12.5 Å². The van der Waals surface area contributed by atoms with Crippen molar-refractivity contribution in [1.29, 1.82) is 0 Å². The van der Waals surface area contributed by atoms with E-state index in [-0.39, 0.29) is 0 Å². The summed E-state index contributed by atoms with van der Waals surface area (Å²) >= 11 is 0. The van der Waals surface area contributed by atoms with Crippen molar-refractivity contribution in [2.24, 2.45) is 0 Å². The van der Waals surface area contributed by atoms with Gasteiger partial charge in [-0.15, -0.1) is 0 Å². The number of hydrogen-bond acceptors (Lipinski definition) is 2. The molecule has 2 aromatic rings. The molecule has 2 heteroatoms. The van der Waals surface area contributed by atoms with Crippen LogP contribution in [0.3, 0.4) is 0 Å². The molecule has 0 N–H and O–H groups in total. The molecule has 13 heavy (non-hydrogen) atoms. The molecule has 1 aromatic heterocycles. The first-order valence-electron chi connectivity index (χ1n) is 4.39. The van der Waals surface area contributed by atoms with E-state index in [4.69, 9.17) is 4.42 Å². The molecule has 1 aromatic carbocycles. The molecule has 0 aliphatic rings. The Balaban J connectivity index is 2.33. The Morgan fingerprint density at radius 3 is 2.54 bits per heavy atom. The predicted octanol–water partition coefficient (Wildman–Crippen LogP) is 2.90. The van der Waals surface area contributed by atoms with Crippen molar-refractivity contribution < 1.29 is 4.42 Å². The first kappa shape index (κ1) is 8.05. The van der Waals surface area contributed by atoms with E-state index in [1.165, 1.54) is 5.56 Å². The van der Waals surface area contributed by atoms with Gasteiger partial charge in [-0.25, -0.2) is 4.98 Å². The summed E-state index contributed by atoms with van der Waals surface area (Å²) in [6, 6.07) is 8.26. The Labute approximate surface area is 77.2 Å². The molecule has 0 amide bonds. The number of rotatable bonds is 2. The van der Waals surface area contributed by atoms with Gasteiger partial charge in [-0.3, -0.25) is 0 Å². The van der Waals surface area contributed by atoms with Gasteiger partial charge < -0.3 is 4.42 Å². The smallest absolute Gasteiger partial charge is 0.225 e. The maximum atomic E-state index is 5.18. The molecule has 0 bridgehead atoms. The number of nitrogens with zero attached hydrogens (tertiary/aromatic N) is 1. The zero-order valence-electron chi connectivity index (χ0n) is 7.53. The van der Waals surface area contributed by atoms with Crippen LogP contribution in [0.15, 0.2) is 41.1 Å². The van der Waals surface area contributed by atoms with Crippen molar-refractivity contribution in [2.45, 2.75) is 13.3 Å². The lowest BCUT2D eigenvalue weighted by Gasteiger charge is -1.97. The van der Waals surface area contributed by atoms with Crippen LogP contribution in [0.2, 0.25) is 0 Å². The van der Waals surface area contributed by atoms with Gasteiger partial charge in [0.15, 0.2) is 0 Å². The standard InChI is InChI=1S/C11H11NO/c1-2-9-3-5-10(6-4-9)11-12-7-8-13-11/h3-8H,2H2,1H3. The van der Waals surface area contributed by atoms with Gasteiger partial charge in [-0.2, -0.15) is 0 Å². The number of benzene rings is 1. The summed E-state index contributed by atoms with van der Waals surface area (Å²) in [5.41, 5.74) is 2.36. The summed E-state index contributed by atoms with van der Waals surface area (Å²) in [7, 11) is 0. The van der Waals surface area contributed by atoms with Crippen molar-refractivity contribution in [2.75, 3.05) is 0 Å². The Morgan fingerprint density at radius 2 is 2.00 bits per heavy atom. The van der Waals surface area contributed by atoms with E-state index in [2.05, 4.69) is 24.0 Å². The quantitative estimate of drug-likeness (QED) is 0.697. The Hall–Kier alpha value is -1.57. The van der Waals surface area contributed by atoms with Gasteiger partial charge in [-0.1, -0.05) is 19.1 Å². The van der Waals surface area contributed by atoms with Crippen molar-refractivity contribution in [1.82, 2.24) is 4.98 Å². The van der Waals surface area contributed by atoms with Crippen LogP contribution in [-0.2, 0) is 6.42 Å². The average Bonchev–Trinajstić information content (AvgIpc) is 2.71. The molecule has 0 unspecified atom stereocenters. The van der Waals surface area contributed by atoms with E-state index in [1.807, 2.05) is 12.1 Å². The molecule has 0 aliphatic carbocycles. The van der Waals surface area contributed by atoms with Crippen molar-refractivity contribution in [3.8, 4) is 11.5 Å². The molecule has 0 fully saturated rings.